The van der Waals surface area contributed by atoms with E-state index in [1.54, 1.807) is 17.7 Å². The summed E-state index contributed by atoms with van der Waals surface area (Å²) in [4.78, 5) is 38.0. The summed E-state index contributed by atoms with van der Waals surface area (Å²) < 4.78 is 8.17. The molecule has 3 saturated heterocycles. The molecule has 3 aliphatic rings. The predicted octanol–water partition coefficient (Wildman–Crippen LogP) is 2.56. The van der Waals surface area contributed by atoms with Crippen LogP contribution in [0, 0.1) is 0 Å². The summed E-state index contributed by atoms with van der Waals surface area (Å²) in [5.41, 5.74) is 0.829. The van der Waals surface area contributed by atoms with Crippen molar-refractivity contribution in [2.45, 2.75) is 69.8 Å². The number of ether oxygens (including phenoxy) is 1. The van der Waals surface area contributed by atoms with E-state index in [0.29, 0.717) is 12.1 Å². The molecule has 8 nitrogen and oxygen atoms in total. The van der Waals surface area contributed by atoms with Gasteiger partial charge in [-0.2, -0.15) is 0 Å². The zero-order valence-electron chi connectivity index (χ0n) is 19.5. The second-order valence-electron chi connectivity index (χ2n) is 10.2. The van der Waals surface area contributed by atoms with Gasteiger partial charge in [0.15, 0.2) is 0 Å². The number of carbonyl (C=O) groups excluding carboxylic acids is 2. The third-order valence-electron chi connectivity index (χ3n) is 8.01. The first-order chi connectivity index (χ1) is 15.8. The Morgan fingerprint density at radius 2 is 1.79 bits per heavy atom. The Morgan fingerprint density at radius 3 is 2.42 bits per heavy atom. The maximum absolute atomic E-state index is 13.2. The topological polar surface area (TPSA) is 89.4 Å². The van der Waals surface area contributed by atoms with Crippen molar-refractivity contribution in [3.8, 4) is 0 Å². The van der Waals surface area contributed by atoms with Gasteiger partial charge in [-0.25, -0.2) is 4.79 Å². The first kappa shape index (κ1) is 21.9. The minimum atomic E-state index is -0.366. The number of alkyl carbamates (subject to hydrolysis) is 1. The lowest BCUT2D eigenvalue weighted by atomic mass is 9.88. The molecule has 5 rings (SSSR count). The largest absolute Gasteiger partial charge is 0.434 e. The molecule has 33 heavy (non-hydrogen) atoms. The minimum absolute atomic E-state index is 0.0220. The molecule has 3 fully saturated rings. The van der Waals surface area contributed by atoms with E-state index in [0.717, 1.165) is 54.2 Å². The SMILES string of the molecule is CNC(=O)OC1C[N+]2(C1)[C@@H]1CC[C@H]2CC(NC(=O)c2cc3ccccc3n(C(C)C)c2=O)C1. The number of carbonyl (C=O) groups is 2. The highest BCUT2D eigenvalue weighted by Gasteiger charge is 2.61. The van der Waals surface area contributed by atoms with E-state index in [2.05, 4.69) is 10.6 Å². The lowest BCUT2D eigenvalue weighted by Crippen LogP contribution is -2.75. The maximum Gasteiger partial charge on any atom is 0.407 e. The lowest BCUT2D eigenvalue weighted by Gasteiger charge is -2.57. The zero-order valence-corrected chi connectivity index (χ0v) is 19.5. The van der Waals surface area contributed by atoms with Gasteiger partial charge >= 0.3 is 6.09 Å². The number of hydrogen-bond acceptors (Lipinski definition) is 4. The molecule has 176 valence electrons. The summed E-state index contributed by atoms with van der Waals surface area (Å²) in [7, 11) is 1.58. The fraction of sp³-hybridized carbons (Fsp3) is 0.560. The van der Waals surface area contributed by atoms with E-state index >= 15 is 0 Å². The number of benzene rings is 1. The molecule has 0 aliphatic carbocycles. The average molecular weight is 454 g/mol. The van der Waals surface area contributed by atoms with Crippen LogP contribution in [-0.2, 0) is 4.74 Å². The van der Waals surface area contributed by atoms with Gasteiger partial charge < -0.3 is 24.4 Å². The maximum atomic E-state index is 13.2. The number of amides is 2. The van der Waals surface area contributed by atoms with Gasteiger partial charge in [0.25, 0.3) is 11.5 Å². The van der Waals surface area contributed by atoms with Crippen LogP contribution in [0.5, 0.6) is 0 Å². The van der Waals surface area contributed by atoms with Gasteiger partial charge in [-0.3, -0.25) is 9.59 Å². The Balaban J connectivity index is 1.31. The molecule has 2 N–H and O–H groups in total. The van der Waals surface area contributed by atoms with Crippen LogP contribution in [0.25, 0.3) is 10.9 Å². The number of aromatic nitrogens is 1. The number of hydrogen-bond donors (Lipinski definition) is 2. The number of rotatable bonds is 4. The van der Waals surface area contributed by atoms with Crippen LogP contribution in [0.3, 0.4) is 0 Å². The second kappa shape index (κ2) is 8.17. The van der Waals surface area contributed by atoms with E-state index in [-0.39, 0.29) is 41.3 Å². The summed E-state index contributed by atoms with van der Waals surface area (Å²) in [6.45, 7) is 5.66. The molecule has 4 heterocycles. The molecule has 1 unspecified atom stereocenters. The Hall–Kier alpha value is -2.87. The van der Waals surface area contributed by atoms with Gasteiger partial charge in [0.2, 0.25) is 6.10 Å². The highest BCUT2D eigenvalue weighted by Crippen LogP contribution is 2.47. The summed E-state index contributed by atoms with van der Waals surface area (Å²) in [6.07, 6.45) is 3.70. The zero-order chi connectivity index (χ0) is 23.3. The highest BCUT2D eigenvalue weighted by molar-refractivity contribution is 5.97. The number of piperidine rings is 1. The molecule has 2 amide bonds. The van der Waals surface area contributed by atoms with E-state index < -0.39 is 0 Å². The van der Waals surface area contributed by atoms with Crippen molar-refractivity contribution in [1.82, 2.24) is 15.2 Å². The molecule has 1 aromatic heterocycles. The molecule has 0 saturated carbocycles. The van der Waals surface area contributed by atoms with Gasteiger partial charge in [0.05, 0.1) is 17.6 Å². The average Bonchev–Trinajstić information content (AvgIpc) is 2.96. The van der Waals surface area contributed by atoms with Crippen molar-refractivity contribution in [3.63, 3.8) is 0 Å². The molecule has 0 radical (unpaired) electrons. The molecule has 8 heteroatoms. The number of quaternary nitrogens is 1. The van der Waals surface area contributed by atoms with Gasteiger partial charge in [0.1, 0.15) is 18.7 Å². The normalized spacial score (nSPS) is 30.3. The van der Waals surface area contributed by atoms with Gasteiger partial charge in [-0.1, -0.05) is 18.2 Å². The quantitative estimate of drug-likeness (QED) is 0.697. The van der Waals surface area contributed by atoms with Crippen LogP contribution in [0.15, 0.2) is 35.1 Å². The van der Waals surface area contributed by atoms with Crippen molar-refractivity contribution < 1.29 is 18.8 Å². The van der Waals surface area contributed by atoms with Crippen LogP contribution < -0.4 is 16.2 Å². The number of para-hydroxylation sites is 1. The molecular formula is C25H33N4O4+. The smallest absolute Gasteiger partial charge is 0.407 e. The molecule has 1 aromatic carbocycles. The Bertz CT molecular complexity index is 1130. The Morgan fingerprint density at radius 1 is 1.12 bits per heavy atom. The van der Waals surface area contributed by atoms with Crippen molar-refractivity contribution >= 4 is 22.9 Å². The van der Waals surface area contributed by atoms with Gasteiger partial charge in [-0.15, -0.1) is 0 Å². The van der Waals surface area contributed by atoms with Gasteiger partial charge in [-0.05, 0) is 31.4 Å². The summed E-state index contributed by atoms with van der Waals surface area (Å²) >= 11 is 0. The van der Waals surface area contributed by atoms with Crippen LogP contribution in [0.4, 0.5) is 4.79 Å². The van der Waals surface area contributed by atoms with Crippen LogP contribution in [-0.4, -0.2) is 65.4 Å². The first-order valence-corrected chi connectivity index (χ1v) is 12.0. The third-order valence-corrected chi connectivity index (χ3v) is 8.01. The number of pyridine rings is 1. The number of nitrogens with zero attached hydrogens (tertiary/aromatic N) is 2. The third kappa shape index (κ3) is 3.60. The monoisotopic (exact) mass is 453 g/mol. The van der Waals surface area contributed by atoms with Crippen molar-refractivity contribution in [2.24, 2.45) is 0 Å². The molecule has 3 aliphatic heterocycles. The van der Waals surface area contributed by atoms with Crippen LogP contribution in [0.2, 0.25) is 0 Å². The van der Waals surface area contributed by atoms with E-state index in [1.165, 1.54) is 0 Å². The molecular weight excluding hydrogens is 420 g/mol. The van der Waals surface area contributed by atoms with Crippen LogP contribution >= 0.6 is 0 Å². The fourth-order valence-electron chi connectivity index (χ4n) is 6.53. The molecule has 2 aromatic rings. The Kier molecular flexibility index (Phi) is 5.43. The van der Waals surface area contributed by atoms with Gasteiger partial charge in [0, 0.05) is 44.8 Å². The van der Waals surface area contributed by atoms with Crippen molar-refractivity contribution in [2.75, 3.05) is 20.1 Å². The minimum Gasteiger partial charge on any atom is -0.434 e. The number of nitrogens with one attached hydrogen (secondary N) is 2. The summed E-state index contributed by atoms with van der Waals surface area (Å²) in [6, 6.07) is 10.4. The highest BCUT2D eigenvalue weighted by atomic mass is 16.6. The molecule has 1 spiro atoms. The lowest BCUT2D eigenvalue weighted by molar-refractivity contribution is -1.01. The predicted molar refractivity (Wildman–Crippen MR) is 125 cm³/mol. The summed E-state index contributed by atoms with van der Waals surface area (Å²) in [5.74, 6) is -0.276. The number of fused-ring (bicyclic) bond motifs is 1. The van der Waals surface area contributed by atoms with E-state index in [9.17, 15) is 14.4 Å². The fourth-order valence-corrected chi connectivity index (χ4v) is 6.53. The summed E-state index contributed by atoms with van der Waals surface area (Å²) in [5, 5.41) is 6.61. The van der Waals surface area contributed by atoms with E-state index in [4.69, 9.17) is 4.74 Å². The Labute approximate surface area is 193 Å². The van der Waals surface area contributed by atoms with Crippen molar-refractivity contribution in [3.05, 3.63) is 46.2 Å². The molecule has 3 atom stereocenters. The van der Waals surface area contributed by atoms with Crippen molar-refractivity contribution in [1.29, 1.82) is 0 Å². The molecule has 2 bridgehead atoms. The van der Waals surface area contributed by atoms with E-state index in [1.807, 2.05) is 38.1 Å². The first-order valence-electron chi connectivity index (χ1n) is 12.0. The second-order valence-corrected chi connectivity index (χ2v) is 10.2. The van der Waals surface area contributed by atoms with Crippen LogP contribution in [0.1, 0.15) is 55.9 Å². The standard InChI is InChI=1S/C25H32N4O4/c1-15(2)28-22-7-5-4-6-16(22)10-21(24(28)31)23(30)27-17-11-18-8-9-19(12-17)29(18)13-20(14-29)33-25(32)26-3/h4-7,10,15,17-20H,8-9,11-14H2,1-3H3,(H-,26,27,30,32)/p+1/t17?,18-,19+,20?,29?.